The lowest BCUT2D eigenvalue weighted by molar-refractivity contribution is -0.118. The highest BCUT2D eigenvalue weighted by Gasteiger charge is 2.08. The molecule has 0 aliphatic rings. The molecule has 0 heterocycles. The van der Waals surface area contributed by atoms with Crippen molar-refractivity contribution in [1.82, 2.24) is 5.32 Å². The summed E-state index contributed by atoms with van der Waals surface area (Å²) >= 11 is 1.21. The molecule has 5 nitrogen and oxygen atoms in total. The Morgan fingerprint density at radius 1 is 0.839 bits per heavy atom. The van der Waals surface area contributed by atoms with Gasteiger partial charge in [-0.25, -0.2) is 4.39 Å². The molecule has 0 spiro atoms. The van der Waals surface area contributed by atoms with E-state index in [-0.39, 0.29) is 29.1 Å². The van der Waals surface area contributed by atoms with Crippen molar-refractivity contribution in [1.29, 1.82) is 0 Å². The second-order valence-electron chi connectivity index (χ2n) is 6.61. The number of carbonyl (C=O) groups excluding carboxylic acids is 2. The van der Waals surface area contributed by atoms with Crippen LogP contribution in [-0.2, 0) is 9.59 Å². The van der Waals surface area contributed by atoms with Crippen molar-refractivity contribution >= 4 is 29.3 Å². The average molecular weight is 439 g/mol. The van der Waals surface area contributed by atoms with E-state index in [0.29, 0.717) is 18.8 Å². The van der Waals surface area contributed by atoms with Crippen LogP contribution < -0.4 is 15.4 Å². The van der Waals surface area contributed by atoms with Crippen LogP contribution in [0.3, 0.4) is 0 Å². The SMILES string of the molecule is O=C(CSCC(=O)Nc1ccc(F)cc1)NCCOc1ccccc1-c1ccccc1. The summed E-state index contributed by atoms with van der Waals surface area (Å²) in [4.78, 5) is 23.8. The Bertz CT molecular complexity index is 997. The molecule has 0 radical (unpaired) electrons. The summed E-state index contributed by atoms with van der Waals surface area (Å²) in [6, 6.07) is 23.3. The van der Waals surface area contributed by atoms with E-state index in [1.807, 2.05) is 54.6 Å². The number of hydrogen-bond donors (Lipinski definition) is 2. The zero-order valence-corrected chi connectivity index (χ0v) is 17.7. The second-order valence-corrected chi connectivity index (χ2v) is 7.59. The van der Waals surface area contributed by atoms with Gasteiger partial charge >= 0.3 is 0 Å². The molecule has 7 heteroatoms. The number of anilines is 1. The zero-order valence-electron chi connectivity index (χ0n) is 16.8. The van der Waals surface area contributed by atoms with Crippen molar-refractivity contribution in [2.75, 3.05) is 30.0 Å². The van der Waals surface area contributed by atoms with E-state index in [1.54, 1.807) is 0 Å². The van der Waals surface area contributed by atoms with Crippen LogP contribution in [0.25, 0.3) is 11.1 Å². The molecule has 0 aliphatic heterocycles. The van der Waals surface area contributed by atoms with Crippen molar-refractivity contribution in [3.05, 3.63) is 84.7 Å². The summed E-state index contributed by atoms with van der Waals surface area (Å²) in [6.07, 6.45) is 0. The number of halogens is 1. The minimum Gasteiger partial charge on any atom is -0.491 e. The number of hydrogen-bond acceptors (Lipinski definition) is 4. The van der Waals surface area contributed by atoms with Crippen LogP contribution >= 0.6 is 11.8 Å². The zero-order chi connectivity index (χ0) is 21.9. The van der Waals surface area contributed by atoms with Crippen LogP contribution in [0.2, 0.25) is 0 Å². The number of ether oxygens (including phenoxy) is 1. The molecule has 2 amide bonds. The standard InChI is InChI=1S/C24H23FN2O3S/c25-19-10-12-20(13-11-19)27-24(29)17-31-16-23(28)26-14-15-30-22-9-5-4-8-21(22)18-6-2-1-3-7-18/h1-13H,14-17H2,(H,26,28)(H,27,29). The third-order valence-electron chi connectivity index (χ3n) is 4.25. The molecular formula is C24H23FN2O3S. The fourth-order valence-corrected chi connectivity index (χ4v) is 3.46. The van der Waals surface area contributed by atoms with Gasteiger partial charge in [0.1, 0.15) is 18.2 Å². The smallest absolute Gasteiger partial charge is 0.234 e. The fourth-order valence-electron chi connectivity index (χ4n) is 2.82. The average Bonchev–Trinajstić information content (AvgIpc) is 2.79. The Morgan fingerprint density at radius 2 is 1.52 bits per heavy atom. The third-order valence-corrected chi connectivity index (χ3v) is 5.18. The van der Waals surface area contributed by atoms with Gasteiger partial charge in [-0.15, -0.1) is 11.8 Å². The fraction of sp³-hybridized carbons (Fsp3) is 0.167. The quantitative estimate of drug-likeness (QED) is 0.462. The molecule has 31 heavy (non-hydrogen) atoms. The lowest BCUT2D eigenvalue weighted by Crippen LogP contribution is -2.30. The summed E-state index contributed by atoms with van der Waals surface area (Å²) in [7, 11) is 0. The van der Waals surface area contributed by atoms with Crippen molar-refractivity contribution in [2.24, 2.45) is 0 Å². The normalized spacial score (nSPS) is 10.4. The maximum Gasteiger partial charge on any atom is 0.234 e. The molecule has 160 valence electrons. The molecule has 0 aromatic heterocycles. The van der Waals surface area contributed by atoms with E-state index in [0.717, 1.165) is 16.9 Å². The summed E-state index contributed by atoms with van der Waals surface area (Å²) < 4.78 is 18.7. The highest BCUT2D eigenvalue weighted by Crippen LogP contribution is 2.29. The van der Waals surface area contributed by atoms with Crippen LogP contribution in [0.5, 0.6) is 5.75 Å². The van der Waals surface area contributed by atoms with Gasteiger partial charge in [-0.05, 0) is 35.9 Å². The molecule has 0 unspecified atom stereocenters. The maximum absolute atomic E-state index is 12.9. The Hall–Kier alpha value is -3.32. The number of carbonyl (C=O) groups is 2. The van der Waals surface area contributed by atoms with Crippen molar-refractivity contribution in [3.63, 3.8) is 0 Å². The van der Waals surface area contributed by atoms with E-state index in [2.05, 4.69) is 10.6 Å². The molecule has 0 bridgehead atoms. The lowest BCUT2D eigenvalue weighted by Gasteiger charge is -2.12. The first kappa shape index (κ1) is 22.4. The number of nitrogens with one attached hydrogen (secondary N) is 2. The number of amides is 2. The van der Waals surface area contributed by atoms with Crippen LogP contribution in [0.1, 0.15) is 0 Å². The van der Waals surface area contributed by atoms with Crippen molar-refractivity contribution in [3.8, 4) is 16.9 Å². The number of thioether (sulfide) groups is 1. The summed E-state index contributed by atoms with van der Waals surface area (Å²) in [6.45, 7) is 0.704. The van der Waals surface area contributed by atoms with E-state index in [1.165, 1.54) is 36.0 Å². The maximum atomic E-state index is 12.9. The minimum absolute atomic E-state index is 0.131. The van der Waals surface area contributed by atoms with Crippen LogP contribution in [0, 0.1) is 5.82 Å². The third kappa shape index (κ3) is 7.46. The first-order valence-electron chi connectivity index (χ1n) is 9.79. The largest absolute Gasteiger partial charge is 0.491 e. The molecular weight excluding hydrogens is 415 g/mol. The van der Waals surface area contributed by atoms with Crippen molar-refractivity contribution < 1.29 is 18.7 Å². The highest BCUT2D eigenvalue weighted by molar-refractivity contribution is 8.00. The highest BCUT2D eigenvalue weighted by atomic mass is 32.2. The molecule has 3 aromatic rings. The first-order valence-corrected chi connectivity index (χ1v) is 10.9. The van der Waals surface area contributed by atoms with Gasteiger partial charge in [-0.3, -0.25) is 9.59 Å². The van der Waals surface area contributed by atoms with Crippen LogP contribution in [-0.4, -0.2) is 36.5 Å². The van der Waals surface area contributed by atoms with Gasteiger partial charge in [0.25, 0.3) is 0 Å². The van der Waals surface area contributed by atoms with Crippen LogP contribution in [0.4, 0.5) is 10.1 Å². The van der Waals surface area contributed by atoms with Gasteiger partial charge in [-0.1, -0.05) is 48.5 Å². The monoisotopic (exact) mass is 438 g/mol. The van der Waals surface area contributed by atoms with Gasteiger partial charge in [0.05, 0.1) is 18.1 Å². The number of para-hydroxylation sites is 1. The molecule has 3 aromatic carbocycles. The Kier molecular flexibility index (Phi) is 8.48. The molecule has 3 rings (SSSR count). The van der Waals surface area contributed by atoms with Crippen molar-refractivity contribution in [2.45, 2.75) is 0 Å². The van der Waals surface area contributed by atoms with E-state index < -0.39 is 0 Å². The van der Waals surface area contributed by atoms with Gasteiger partial charge < -0.3 is 15.4 Å². The lowest BCUT2D eigenvalue weighted by atomic mass is 10.1. The Labute approximate surface area is 185 Å². The van der Waals surface area contributed by atoms with Gasteiger partial charge in [0.15, 0.2) is 0 Å². The first-order chi connectivity index (χ1) is 15.1. The topological polar surface area (TPSA) is 67.4 Å². The summed E-state index contributed by atoms with van der Waals surface area (Å²) in [5.74, 6) is 0.277. The van der Waals surface area contributed by atoms with Gasteiger partial charge in [-0.2, -0.15) is 0 Å². The van der Waals surface area contributed by atoms with E-state index in [4.69, 9.17) is 4.74 Å². The minimum atomic E-state index is -0.364. The predicted octanol–water partition coefficient (Wildman–Crippen LogP) is 4.36. The number of benzene rings is 3. The second kappa shape index (κ2) is 11.8. The van der Waals surface area contributed by atoms with E-state index >= 15 is 0 Å². The molecule has 0 saturated heterocycles. The van der Waals surface area contributed by atoms with Crippen LogP contribution in [0.15, 0.2) is 78.9 Å². The molecule has 0 fully saturated rings. The molecule has 0 saturated carbocycles. The van der Waals surface area contributed by atoms with E-state index in [9.17, 15) is 14.0 Å². The predicted molar refractivity (Wildman–Crippen MR) is 123 cm³/mol. The molecule has 0 aliphatic carbocycles. The molecule has 0 atom stereocenters. The summed E-state index contributed by atoms with van der Waals surface area (Å²) in [5, 5.41) is 5.44. The Balaban J connectivity index is 1.34. The summed E-state index contributed by atoms with van der Waals surface area (Å²) in [5.41, 5.74) is 2.58. The van der Waals surface area contributed by atoms with Gasteiger partial charge in [0.2, 0.25) is 11.8 Å². The number of rotatable bonds is 10. The molecule has 2 N–H and O–H groups in total. The Morgan fingerprint density at radius 3 is 2.29 bits per heavy atom. The van der Waals surface area contributed by atoms with Gasteiger partial charge in [0, 0.05) is 11.3 Å².